The van der Waals surface area contributed by atoms with E-state index in [0.717, 1.165) is 23.5 Å². The number of sulfone groups is 1. The van der Waals surface area contributed by atoms with Crippen molar-refractivity contribution in [1.29, 1.82) is 0 Å². The van der Waals surface area contributed by atoms with Crippen LogP contribution in [0.3, 0.4) is 0 Å². The fourth-order valence-electron chi connectivity index (χ4n) is 2.58. The van der Waals surface area contributed by atoms with Crippen LogP contribution in [0.1, 0.15) is 29.2 Å². The predicted octanol–water partition coefficient (Wildman–Crippen LogP) is 2.41. The molecule has 9 heteroatoms. The normalized spacial score (nSPS) is 13.1. The van der Waals surface area contributed by atoms with Crippen LogP contribution in [0.2, 0.25) is 5.02 Å². The maximum Gasteiger partial charge on any atom is 0.247 e. The number of para-hydroxylation sites is 2. The minimum absolute atomic E-state index is 0.00279. The van der Waals surface area contributed by atoms with Crippen LogP contribution in [0.25, 0.3) is 11.0 Å². The first kappa shape index (κ1) is 17.5. The van der Waals surface area contributed by atoms with Crippen molar-refractivity contribution in [2.75, 3.05) is 6.26 Å². The second-order valence-corrected chi connectivity index (χ2v) is 8.04. The van der Waals surface area contributed by atoms with E-state index in [-0.39, 0.29) is 10.7 Å². The summed E-state index contributed by atoms with van der Waals surface area (Å²) >= 11 is 6.02. The molecule has 0 aliphatic carbocycles. The number of rotatable bonds is 4. The second-order valence-electron chi connectivity index (χ2n) is 5.72. The molecule has 0 aliphatic rings. The van der Waals surface area contributed by atoms with E-state index in [0.29, 0.717) is 5.82 Å². The minimum Gasteiger partial charge on any atom is -0.331 e. The van der Waals surface area contributed by atoms with E-state index in [9.17, 15) is 13.2 Å². The molecule has 0 aliphatic heterocycles. The van der Waals surface area contributed by atoms with Crippen LogP contribution in [0.15, 0.2) is 35.6 Å². The van der Waals surface area contributed by atoms with Gasteiger partial charge in [0.15, 0.2) is 5.78 Å². The number of aromatic nitrogens is 4. The number of nitrogens with zero attached hydrogens (tertiary/aromatic N) is 4. The number of Topliss-reactive ketones (excluding diaryl/α,β-unsaturated/α-hetero) is 1. The highest BCUT2D eigenvalue weighted by atomic mass is 35.5. The van der Waals surface area contributed by atoms with Crippen LogP contribution in [-0.2, 0) is 16.9 Å². The Labute approximate surface area is 149 Å². The van der Waals surface area contributed by atoms with Crippen molar-refractivity contribution in [1.82, 2.24) is 19.5 Å². The van der Waals surface area contributed by atoms with Gasteiger partial charge in [0.25, 0.3) is 0 Å². The fourth-order valence-corrected chi connectivity index (χ4v) is 3.26. The maximum atomic E-state index is 12.9. The standard InChI is InChI=1S/C16H15ClN4O3S/c1-9(15-19-11-6-4-5-7-12(11)21(15)2)14(22)13-10(17)8-18-16(20-13)25(3,23)24/h4-9H,1-3H3. The molecule has 0 N–H and O–H groups in total. The van der Waals surface area contributed by atoms with Crippen LogP contribution in [0, 0.1) is 0 Å². The number of benzene rings is 1. The Morgan fingerprint density at radius 3 is 2.56 bits per heavy atom. The number of imidazole rings is 1. The molecular formula is C16H15ClN4O3S. The first-order chi connectivity index (χ1) is 11.7. The van der Waals surface area contributed by atoms with Crippen molar-refractivity contribution in [2.24, 2.45) is 7.05 Å². The quantitative estimate of drug-likeness (QED) is 0.511. The van der Waals surface area contributed by atoms with Gasteiger partial charge in [-0.15, -0.1) is 0 Å². The number of ketones is 1. The third-order valence-electron chi connectivity index (χ3n) is 3.89. The molecule has 1 atom stereocenters. The monoisotopic (exact) mass is 378 g/mol. The number of halogens is 1. The Kier molecular flexibility index (Phi) is 4.34. The van der Waals surface area contributed by atoms with Gasteiger partial charge < -0.3 is 4.57 Å². The lowest BCUT2D eigenvalue weighted by atomic mass is 10.0. The number of hydrogen-bond donors (Lipinski definition) is 0. The smallest absolute Gasteiger partial charge is 0.247 e. The van der Waals surface area contributed by atoms with Gasteiger partial charge in [-0.25, -0.2) is 23.4 Å². The SMILES string of the molecule is CC(C(=O)c1nc(S(C)(=O)=O)ncc1Cl)c1nc2ccccc2n1C. The molecule has 0 radical (unpaired) electrons. The van der Waals surface area contributed by atoms with Crippen LogP contribution in [-0.4, -0.2) is 40.0 Å². The summed E-state index contributed by atoms with van der Waals surface area (Å²) in [6, 6.07) is 7.52. The molecule has 25 heavy (non-hydrogen) atoms. The Bertz CT molecular complexity index is 1090. The number of carbonyl (C=O) groups excluding carboxylic acids is 1. The number of fused-ring (bicyclic) bond motifs is 1. The molecule has 3 aromatic rings. The van der Waals surface area contributed by atoms with Crippen molar-refractivity contribution >= 4 is 38.3 Å². The van der Waals surface area contributed by atoms with Gasteiger partial charge in [0.05, 0.1) is 28.2 Å². The average Bonchev–Trinajstić information content (AvgIpc) is 2.90. The molecule has 0 amide bonds. The minimum atomic E-state index is -3.65. The topological polar surface area (TPSA) is 94.8 Å². The van der Waals surface area contributed by atoms with Gasteiger partial charge in [-0.1, -0.05) is 23.7 Å². The molecule has 0 saturated carbocycles. The Hall–Kier alpha value is -2.32. The number of aryl methyl sites for hydroxylation is 1. The summed E-state index contributed by atoms with van der Waals surface area (Å²) in [7, 11) is -1.83. The second kappa shape index (κ2) is 6.20. The van der Waals surface area contributed by atoms with Crippen molar-refractivity contribution in [3.05, 3.63) is 47.0 Å². The Morgan fingerprint density at radius 1 is 1.24 bits per heavy atom. The average molecular weight is 379 g/mol. The van der Waals surface area contributed by atoms with E-state index in [2.05, 4.69) is 15.0 Å². The van der Waals surface area contributed by atoms with E-state index in [1.54, 1.807) is 6.92 Å². The zero-order valence-corrected chi connectivity index (χ0v) is 15.3. The van der Waals surface area contributed by atoms with Crippen LogP contribution < -0.4 is 0 Å². The summed E-state index contributed by atoms with van der Waals surface area (Å²) in [5, 5.41) is -0.430. The molecule has 130 valence electrons. The first-order valence-corrected chi connectivity index (χ1v) is 9.65. The number of hydrogen-bond acceptors (Lipinski definition) is 6. The summed E-state index contributed by atoms with van der Waals surface area (Å²) in [5.41, 5.74) is 1.53. The Balaban J connectivity index is 2.07. The maximum absolute atomic E-state index is 12.9. The van der Waals surface area contributed by atoms with E-state index in [4.69, 9.17) is 11.6 Å². The zero-order valence-electron chi connectivity index (χ0n) is 13.8. The predicted molar refractivity (Wildman–Crippen MR) is 93.6 cm³/mol. The lowest BCUT2D eigenvalue weighted by Gasteiger charge is -2.11. The summed E-state index contributed by atoms with van der Waals surface area (Å²) in [4.78, 5) is 24.9. The van der Waals surface area contributed by atoms with E-state index in [1.165, 1.54) is 0 Å². The van der Waals surface area contributed by atoms with Gasteiger partial charge >= 0.3 is 0 Å². The van der Waals surface area contributed by atoms with Gasteiger partial charge in [-0.2, -0.15) is 0 Å². The number of carbonyl (C=O) groups is 1. The molecule has 7 nitrogen and oxygen atoms in total. The summed E-state index contributed by atoms with van der Waals surface area (Å²) in [5.74, 6) is -0.533. The van der Waals surface area contributed by atoms with Gasteiger partial charge in [0, 0.05) is 13.3 Å². The van der Waals surface area contributed by atoms with Crippen molar-refractivity contribution in [3.8, 4) is 0 Å². The lowest BCUT2D eigenvalue weighted by molar-refractivity contribution is 0.0956. The first-order valence-electron chi connectivity index (χ1n) is 7.38. The Morgan fingerprint density at radius 2 is 1.92 bits per heavy atom. The molecule has 1 unspecified atom stereocenters. The summed E-state index contributed by atoms with van der Waals surface area (Å²) in [6.45, 7) is 1.68. The highest BCUT2D eigenvalue weighted by molar-refractivity contribution is 7.90. The molecule has 2 heterocycles. The van der Waals surface area contributed by atoms with Gasteiger partial charge in [-0.05, 0) is 19.1 Å². The van der Waals surface area contributed by atoms with Crippen LogP contribution >= 0.6 is 11.6 Å². The molecule has 0 spiro atoms. The van der Waals surface area contributed by atoms with Gasteiger partial charge in [0.2, 0.25) is 15.0 Å². The molecule has 2 aromatic heterocycles. The molecule has 1 aromatic carbocycles. The van der Waals surface area contributed by atoms with Crippen LogP contribution in [0.5, 0.6) is 0 Å². The van der Waals surface area contributed by atoms with E-state index < -0.39 is 26.7 Å². The molecular weight excluding hydrogens is 364 g/mol. The van der Waals surface area contributed by atoms with Gasteiger partial charge in [0.1, 0.15) is 11.5 Å². The summed E-state index contributed by atoms with van der Waals surface area (Å²) < 4.78 is 25.1. The molecule has 3 rings (SSSR count). The van der Waals surface area contributed by atoms with Gasteiger partial charge in [-0.3, -0.25) is 4.79 Å². The van der Waals surface area contributed by atoms with Crippen LogP contribution in [0.4, 0.5) is 0 Å². The third kappa shape index (κ3) is 3.14. The van der Waals surface area contributed by atoms with Crippen molar-refractivity contribution in [2.45, 2.75) is 18.0 Å². The molecule has 0 fully saturated rings. The fraction of sp³-hybridized carbons (Fsp3) is 0.250. The van der Waals surface area contributed by atoms with Crippen molar-refractivity contribution < 1.29 is 13.2 Å². The largest absolute Gasteiger partial charge is 0.331 e. The molecule has 0 bridgehead atoms. The summed E-state index contributed by atoms with van der Waals surface area (Å²) in [6.07, 6.45) is 2.10. The molecule has 0 saturated heterocycles. The van der Waals surface area contributed by atoms with E-state index >= 15 is 0 Å². The highest BCUT2D eigenvalue weighted by Gasteiger charge is 2.27. The zero-order chi connectivity index (χ0) is 18.4. The van der Waals surface area contributed by atoms with Crippen molar-refractivity contribution in [3.63, 3.8) is 0 Å². The lowest BCUT2D eigenvalue weighted by Crippen LogP contribution is -2.18. The third-order valence-corrected chi connectivity index (χ3v) is 5.03. The van der Waals surface area contributed by atoms with E-state index in [1.807, 2.05) is 35.9 Å². The highest BCUT2D eigenvalue weighted by Crippen LogP contribution is 2.26.